The number of alkyl halides is 3. The van der Waals surface area contributed by atoms with E-state index >= 15 is 0 Å². The number of rotatable bonds is 0. The van der Waals surface area contributed by atoms with Crippen LogP contribution in [0.2, 0.25) is 0 Å². The predicted octanol–water partition coefficient (Wildman–Crippen LogP) is 3.57. The molecule has 0 saturated heterocycles. The Morgan fingerprint density at radius 3 is 2.11 bits per heavy atom. The van der Waals surface area contributed by atoms with Crippen molar-refractivity contribution in [2.75, 3.05) is 0 Å². The molecule has 0 spiro atoms. The summed E-state index contributed by atoms with van der Waals surface area (Å²) in [6.45, 7) is 2.27. The van der Waals surface area contributed by atoms with E-state index in [9.17, 15) is 27.1 Å². The van der Waals surface area contributed by atoms with E-state index in [2.05, 4.69) is 15.9 Å². The fourth-order valence-electron chi connectivity index (χ4n) is 2.15. The fourth-order valence-corrected chi connectivity index (χ4v) is 2.56. The molecule has 1 aromatic carbocycles. The van der Waals surface area contributed by atoms with E-state index in [1.54, 1.807) is 0 Å². The highest BCUT2D eigenvalue weighted by atomic mass is 79.9. The summed E-state index contributed by atoms with van der Waals surface area (Å²) in [4.78, 5) is 0. The van der Waals surface area contributed by atoms with Crippen molar-refractivity contribution in [3.8, 4) is 0 Å². The SMILES string of the molecule is CC1(C)c2cc(F)c(F)c(F)c2C(O)(F)C1(F)Br. The van der Waals surface area contributed by atoms with Crippen molar-refractivity contribution in [1.29, 1.82) is 0 Å². The molecule has 0 heterocycles. The van der Waals surface area contributed by atoms with Crippen LogP contribution < -0.4 is 0 Å². The van der Waals surface area contributed by atoms with E-state index < -0.39 is 44.4 Å². The van der Waals surface area contributed by atoms with Crippen molar-refractivity contribution in [1.82, 2.24) is 0 Å². The molecular weight excluding hydrogens is 323 g/mol. The third-order valence-electron chi connectivity index (χ3n) is 3.37. The van der Waals surface area contributed by atoms with Crippen LogP contribution >= 0.6 is 15.9 Å². The summed E-state index contributed by atoms with van der Waals surface area (Å²) >= 11 is 2.35. The monoisotopic (exact) mass is 330 g/mol. The van der Waals surface area contributed by atoms with Gasteiger partial charge in [0.2, 0.25) is 4.58 Å². The van der Waals surface area contributed by atoms with Crippen LogP contribution in [0.25, 0.3) is 0 Å². The Hall–Kier alpha value is -0.690. The summed E-state index contributed by atoms with van der Waals surface area (Å²) in [7, 11) is 0. The number of benzene rings is 1. The maximum Gasteiger partial charge on any atom is 0.281 e. The first-order valence-corrected chi connectivity index (χ1v) is 5.73. The predicted molar refractivity (Wildman–Crippen MR) is 57.1 cm³/mol. The highest BCUT2D eigenvalue weighted by Crippen LogP contribution is 2.62. The van der Waals surface area contributed by atoms with Crippen LogP contribution in [0.3, 0.4) is 0 Å². The first-order chi connectivity index (χ1) is 7.96. The first-order valence-electron chi connectivity index (χ1n) is 4.93. The van der Waals surface area contributed by atoms with E-state index in [1.165, 1.54) is 0 Å². The van der Waals surface area contributed by atoms with Gasteiger partial charge in [0, 0.05) is 5.41 Å². The summed E-state index contributed by atoms with van der Waals surface area (Å²) in [6, 6.07) is 0.487. The van der Waals surface area contributed by atoms with Gasteiger partial charge in [0.1, 0.15) is 0 Å². The Morgan fingerprint density at radius 1 is 1.11 bits per heavy atom. The molecule has 1 aromatic rings. The topological polar surface area (TPSA) is 20.2 Å². The lowest BCUT2D eigenvalue weighted by Gasteiger charge is -2.33. The standard InChI is InChI=1S/C11H8BrF5O/c1-9(2)4-3-5(13)7(14)8(15)6(4)10(16,18)11(9,12)17/h3,18H,1-2H3. The summed E-state index contributed by atoms with van der Waals surface area (Å²) in [5, 5.41) is 9.49. The van der Waals surface area contributed by atoms with Gasteiger partial charge in [-0.15, -0.1) is 0 Å². The largest absolute Gasteiger partial charge is 0.355 e. The molecular formula is C11H8BrF5O. The summed E-state index contributed by atoms with van der Waals surface area (Å²) in [5.41, 5.74) is -3.48. The molecule has 1 nitrogen and oxygen atoms in total. The molecule has 1 aliphatic rings. The Labute approximate surface area is 108 Å². The van der Waals surface area contributed by atoms with E-state index in [4.69, 9.17) is 0 Å². The average Bonchev–Trinajstić information content (AvgIpc) is 2.32. The van der Waals surface area contributed by atoms with Gasteiger partial charge in [-0.05, 0) is 27.6 Å². The normalized spacial score (nSPS) is 33.6. The number of hydrogen-bond donors (Lipinski definition) is 1. The Kier molecular flexibility index (Phi) is 2.63. The maximum atomic E-state index is 14.3. The van der Waals surface area contributed by atoms with Crippen molar-refractivity contribution in [2.45, 2.75) is 29.7 Å². The summed E-state index contributed by atoms with van der Waals surface area (Å²) < 4.78 is 65.0. The molecule has 0 saturated carbocycles. The number of fused-ring (bicyclic) bond motifs is 1. The molecule has 1 N–H and O–H groups in total. The lowest BCUT2D eigenvalue weighted by atomic mass is 9.85. The zero-order chi connectivity index (χ0) is 14.1. The maximum absolute atomic E-state index is 14.3. The molecule has 0 aliphatic heterocycles. The quantitative estimate of drug-likeness (QED) is 0.438. The van der Waals surface area contributed by atoms with Gasteiger partial charge in [-0.3, -0.25) is 0 Å². The van der Waals surface area contributed by atoms with Crippen LogP contribution in [-0.4, -0.2) is 9.68 Å². The van der Waals surface area contributed by atoms with Crippen LogP contribution in [0.15, 0.2) is 6.07 Å². The molecule has 0 amide bonds. The Balaban J connectivity index is 2.92. The van der Waals surface area contributed by atoms with Crippen LogP contribution in [0, 0.1) is 17.5 Å². The molecule has 0 aromatic heterocycles. The minimum absolute atomic E-state index is 0.469. The average molecular weight is 331 g/mol. The minimum atomic E-state index is -3.80. The van der Waals surface area contributed by atoms with Crippen molar-refractivity contribution in [3.05, 3.63) is 34.6 Å². The van der Waals surface area contributed by atoms with E-state index in [1.807, 2.05) is 0 Å². The van der Waals surface area contributed by atoms with Gasteiger partial charge in [-0.1, -0.05) is 13.8 Å². The summed E-state index contributed by atoms with van der Waals surface area (Å²) in [6.07, 6.45) is 0. The van der Waals surface area contributed by atoms with Gasteiger partial charge in [0.15, 0.2) is 17.5 Å². The lowest BCUT2D eigenvalue weighted by Crippen LogP contribution is -2.46. The third-order valence-corrected chi connectivity index (χ3v) is 4.88. The van der Waals surface area contributed by atoms with Crippen LogP contribution in [0.4, 0.5) is 22.0 Å². The second-order valence-corrected chi connectivity index (χ2v) is 5.82. The van der Waals surface area contributed by atoms with E-state index in [0.717, 1.165) is 13.8 Å². The van der Waals surface area contributed by atoms with Gasteiger partial charge >= 0.3 is 0 Å². The van der Waals surface area contributed by atoms with Gasteiger partial charge in [0.25, 0.3) is 5.85 Å². The van der Waals surface area contributed by atoms with Crippen LogP contribution in [0.5, 0.6) is 0 Å². The zero-order valence-electron chi connectivity index (χ0n) is 9.29. The zero-order valence-corrected chi connectivity index (χ0v) is 10.9. The van der Waals surface area contributed by atoms with Gasteiger partial charge in [0.05, 0.1) is 5.56 Å². The molecule has 2 unspecified atom stereocenters. The molecule has 2 rings (SSSR count). The molecule has 0 bridgehead atoms. The van der Waals surface area contributed by atoms with Crippen molar-refractivity contribution >= 4 is 15.9 Å². The third kappa shape index (κ3) is 1.29. The smallest absolute Gasteiger partial charge is 0.281 e. The van der Waals surface area contributed by atoms with Gasteiger partial charge in [-0.2, -0.15) is 0 Å². The van der Waals surface area contributed by atoms with Crippen molar-refractivity contribution in [3.63, 3.8) is 0 Å². The lowest BCUT2D eigenvalue weighted by molar-refractivity contribution is -0.170. The number of aliphatic hydroxyl groups is 1. The van der Waals surface area contributed by atoms with E-state index in [-0.39, 0.29) is 0 Å². The van der Waals surface area contributed by atoms with Crippen LogP contribution in [0.1, 0.15) is 25.0 Å². The highest BCUT2D eigenvalue weighted by Gasteiger charge is 2.70. The Morgan fingerprint density at radius 2 is 1.61 bits per heavy atom. The molecule has 0 radical (unpaired) electrons. The van der Waals surface area contributed by atoms with Gasteiger partial charge < -0.3 is 5.11 Å². The fraction of sp³-hybridized carbons (Fsp3) is 0.455. The molecule has 7 heteroatoms. The number of halogens is 6. The highest BCUT2D eigenvalue weighted by molar-refractivity contribution is 9.10. The molecule has 0 fully saturated rings. The first kappa shape index (κ1) is 13.7. The Bertz CT molecular complexity index is 539. The van der Waals surface area contributed by atoms with Crippen LogP contribution in [-0.2, 0) is 11.3 Å². The van der Waals surface area contributed by atoms with E-state index in [0.29, 0.717) is 6.07 Å². The summed E-state index contributed by atoms with van der Waals surface area (Å²) in [5.74, 6) is -9.25. The number of hydrogen-bond acceptors (Lipinski definition) is 1. The molecule has 18 heavy (non-hydrogen) atoms. The second kappa shape index (κ2) is 3.45. The minimum Gasteiger partial charge on any atom is -0.355 e. The van der Waals surface area contributed by atoms with Crippen molar-refractivity contribution < 1.29 is 27.1 Å². The van der Waals surface area contributed by atoms with Crippen molar-refractivity contribution in [2.24, 2.45) is 0 Å². The molecule has 1 aliphatic carbocycles. The second-order valence-electron chi connectivity index (χ2n) is 4.73. The van der Waals surface area contributed by atoms with Gasteiger partial charge in [-0.25, -0.2) is 22.0 Å². The molecule has 100 valence electrons. The molecule has 2 atom stereocenters.